The van der Waals surface area contributed by atoms with Gasteiger partial charge in [-0.25, -0.2) is 0 Å². The Labute approximate surface area is 370 Å². The van der Waals surface area contributed by atoms with Crippen molar-refractivity contribution in [2.45, 2.75) is 56.8 Å². The molecule has 9 aromatic carbocycles. The van der Waals surface area contributed by atoms with Gasteiger partial charge in [-0.1, -0.05) is 155 Å². The topological polar surface area (TPSA) is 6.48 Å². The molecule has 0 amide bonds. The van der Waals surface area contributed by atoms with Crippen LogP contribution in [0.5, 0.6) is 0 Å². The lowest BCUT2D eigenvalue weighted by Gasteiger charge is -2.34. The van der Waals surface area contributed by atoms with E-state index in [4.69, 9.17) is 0 Å². The van der Waals surface area contributed by atoms with E-state index in [0.29, 0.717) is 0 Å². The third-order valence-corrected chi connectivity index (χ3v) is 15.3. The summed E-state index contributed by atoms with van der Waals surface area (Å²) in [5.41, 5.74) is 23.4. The zero-order chi connectivity index (χ0) is 42.2. The Hall–Kier alpha value is -7.16. The minimum absolute atomic E-state index is 0.0264. The van der Waals surface area contributed by atoms with Crippen LogP contribution in [0.2, 0.25) is 0 Å². The molecule has 1 saturated carbocycles. The standard InChI is InChI=1S/C61H48N2/c1-59(2)51-24-13-11-20-44(51)46-29-26-41(36-54(46)59)62(39-16-7-5-8-17-39)42-27-31-48-49-22-15-23-50-57(33-32-53(58(49)50)61(34-35-61)56(48)38-42)63(40-18-9-6-10-19-40)43-28-30-47-45-21-12-14-25-52(45)60(3,4)55(47)37-43/h5-33,36-38H,34-35H2,1-4H3. The first-order valence-corrected chi connectivity index (χ1v) is 22.6. The Balaban J connectivity index is 0.964. The summed E-state index contributed by atoms with van der Waals surface area (Å²) in [6.07, 6.45) is 2.29. The predicted molar refractivity (Wildman–Crippen MR) is 264 cm³/mol. The van der Waals surface area contributed by atoms with Gasteiger partial charge in [-0.2, -0.15) is 0 Å². The van der Waals surface area contributed by atoms with Crippen molar-refractivity contribution in [1.29, 1.82) is 0 Å². The third kappa shape index (κ3) is 5.07. The van der Waals surface area contributed by atoms with Gasteiger partial charge in [-0.3, -0.25) is 0 Å². The summed E-state index contributed by atoms with van der Waals surface area (Å²) in [6, 6.07) is 73.2. The molecule has 0 radical (unpaired) electrons. The van der Waals surface area contributed by atoms with E-state index in [0.717, 1.165) is 18.5 Å². The SMILES string of the molecule is CC1(C)c2ccccc2-c2ccc(N(c3ccccc3)c3ccc4c(c3)C3(CC3)c3ccc(N(c5ccccc5)c5ccc6c(c5)C(C)(C)c5ccccc5-6)c5cccc-4c35)cc21. The van der Waals surface area contributed by atoms with E-state index in [-0.39, 0.29) is 16.2 Å². The van der Waals surface area contributed by atoms with Crippen LogP contribution in [0.25, 0.3) is 44.2 Å². The number of para-hydroxylation sites is 2. The lowest BCUT2D eigenvalue weighted by Crippen LogP contribution is -2.19. The molecule has 9 aromatic rings. The highest BCUT2D eigenvalue weighted by atomic mass is 15.1. The predicted octanol–water partition coefficient (Wildman–Crippen LogP) is 16.5. The second-order valence-corrected chi connectivity index (χ2v) is 19.3. The maximum atomic E-state index is 2.53. The molecule has 0 heterocycles. The summed E-state index contributed by atoms with van der Waals surface area (Å²) in [5.74, 6) is 0. The minimum Gasteiger partial charge on any atom is -0.310 e. The summed E-state index contributed by atoms with van der Waals surface area (Å²) in [7, 11) is 0. The van der Waals surface area contributed by atoms with Crippen molar-refractivity contribution >= 4 is 44.9 Å². The number of hydrogen-bond donors (Lipinski definition) is 0. The fourth-order valence-electron chi connectivity index (χ4n) is 12.0. The van der Waals surface area contributed by atoms with Gasteiger partial charge in [0.15, 0.2) is 0 Å². The first-order chi connectivity index (χ1) is 30.7. The molecule has 4 aliphatic rings. The third-order valence-electron chi connectivity index (χ3n) is 15.3. The molecule has 2 heteroatoms. The Bertz CT molecular complexity index is 3350. The highest BCUT2D eigenvalue weighted by molar-refractivity contribution is 6.11. The van der Waals surface area contributed by atoms with Crippen LogP contribution in [0.4, 0.5) is 34.1 Å². The summed E-state index contributed by atoms with van der Waals surface area (Å²) in [6.45, 7) is 9.50. The van der Waals surface area contributed by atoms with Crippen molar-refractivity contribution in [3.05, 3.63) is 228 Å². The molecule has 13 rings (SSSR count). The molecule has 0 saturated heterocycles. The van der Waals surface area contributed by atoms with Crippen LogP contribution in [-0.4, -0.2) is 0 Å². The Morgan fingerprint density at radius 1 is 0.317 bits per heavy atom. The lowest BCUT2D eigenvalue weighted by atomic mass is 9.74. The molecular formula is C61H48N2. The number of fused-ring (bicyclic) bond motifs is 10. The van der Waals surface area contributed by atoms with Crippen molar-refractivity contribution in [3.63, 3.8) is 0 Å². The van der Waals surface area contributed by atoms with Gasteiger partial charge in [0.2, 0.25) is 0 Å². The van der Waals surface area contributed by atoms with E-state index >= 15 is 0 Å². The zero-order valence-corrected chi connectivity index (χ0v) is 36.3. The second-order valence-electron chi connectivity index (χ2n) is 19.3. The Kier molecular flexibility index (Phi) is 7.49. The molecule has 0 bridgehead atoms. The summed E-state index contributed by atoms with van der Waals surface area (Å²) in [4.78, 5) is 4.97. The molecule has 0 aliphatic heterocycles. The van der Waals surface area contributed by atoms with Gasteiger partial charge in [0, 0.05) is 50.1 Å². The zero-order valence-electron chi connectivity index (χ0n) is 36.3. The molecule has 1 spiro atoms. The van der Waals surface area contributed by atoms with Gasteiger partial charge in [0.05, 0.1) is 5.69 Å². The smallest absolute Gasteiger partial charge is 0.0540 e. The summed E-state index contributed by atoms with van der Waals surface area (Å²) < 4.78 is 0. The number of nitrogens with zero attached hydrogens (tertiary/aromatic N) is 2. The molecule has 0 aromatic heterocycles. The van der Waals surface area contributed by atoms with E-state index in [1.807, 2.05) is 0 Å². The van der Waals surface area contributed by atoms with Crippen LogP contribution in [0.1, 0.15) is 73.9 Å². The van der Waals surface area contributed by atoms with Crippen LogP contribution in [0.3, 0.4) is 0 Å². The molecule has 302 valence electrons. The van der Waals surface area contributed by atoms with Crippen molar-refractivity contribution in [3.8, 4) is 33.4 Å². The van der Waals surface area contributed by atoms with E-state index < -0.39 is 0 Å². The summed E-state index contributed by atoms with van der Waals surface area (Å²) in [5, 5.41) is 2.69. The number of anilines is 6. The number of benzene rings is 9. The van der Waals surface area contributed by atoms with Crippen LogP contribution in [0, 0.1) is 0 Å². The number of rotatable bonds is 6. The van der Waals surface area contributed by atoms with Crippen LogP contribution >= 0.6 is 0 Å². The van der Waals surface area contributed by atoms with E-state index in [1.54, 1.807) is 0 Å². The van der Waals surface area contributed by atoms with Gasteiger partial charge in [0.1, 0.15) is 0 Å². The minimum atomic E-state index is -0.0930. The van der Waals surface area contributed by atoms with Crippen LogP contribution < -0.4 is 9.80 Å². The Morgan fingerprint density at radius 2 is 0.762 bits per heavy atom. The average molecular weight is 809 g/mol. The van der Waals surface area contributed by atoms with Crippen LogP contribution in [0.15, 0.2) is 194 Å². The fraction of sp³-hybridized carbons (Fsp3) is 0.148. The largest absolute Gasteiger partial charge is 0.310 e. The molecule has 4 aliphatic carbocycles. The van der Waals surface area contributed by atoms with E-state index in [9.17, 15) is 0 Å². The van der Waals surface area contributed by atoms with Crippen molar-refractivity contribution in [1.82, 2.24) is 0 Å². The molecule has 0 unspecified atom stereocenters. The molecular weight excluding hydrogens is 761 g/mol. The van der Waals surface area contributed by atoms with E-state index in [2.05, 4.69) is 232 Å². The number of hydrogen-bond acceptors (Lipinski definition) is 2. The maximum absolute atomic E-state index is 2.53. The van der Waals surface area contributed by atoms with Gasteiger partial charge >= 0.3 is 0 Å². The highest BCUT2D eigenvalue weighted by Gasteiger charge is 2.51. The monoisotopic (exact) mass is 808 g/mol. The first-order valence-electron chi connectivity index (χ1n) is 22.6. The molecule has 1 fully saturated rings. The van der Waals surface area contributed by atoms with Gasteiger partial charge in [-0.05, 0) is 152 Å². The van der Waals surface area contributed by atoms with Crippen molar-refractivity contribution < 1.29 is 0 Å². The molecule has 0 N–H and O–H groups in total. The van der Waals surface area contributed by atoms with Gasteiger partial charge in [-0.15, -0.1) is 0 Å². The fourth-order valence-corrected chi connectivity index (χ4v) is 12.0. The van der Waals surface area contributed by atoms with Crippen molar-refractivity contribution in [2.75, 3.05) is 9.80 Å². The molecule has 2 nitrogen and oxygen atoms in total. The van der Waals surface area contributed by atoms with Crippen LogP contribution in [-0.2, 0) is 16.2 Å². The van der Waals surface area contributed by atoms with Gasteiger partial charge in [0.25, 0.3) is 0 Å². The molecule has 63 heavy (non-hydrogen) atoms. The first kappa shape index (κ1) is 36.5. The quantitative estimate of drug-likeness (QED) is 0.165. The maximum Gasteiger partial charge on any atom is 0.0540 e. The van der Waals surface area contributed by atoms with Crippen molar-refractivity contribution in [2.24, 2.45) is 0 Å². The second kappa shape index (κ2) is 12.9. The average Bonchev–Trinajstić information content (AvgIpc) is 4.04. The Morgan fingerprint density at radius 3 is 1.32 bits per heavy atom. The normalized spacial score (nSPS) is 15.9. The van der Waals surface area contributed by atoms with Gasteiger partial charge < -0.3 is 9.80 Å². The highest BCUT2D eigenvalue weighted by Crippen LogP contribution is 2.63. The lowest BCUT2D eigenvalue weighted by molar-refractivity contribution is 0.660. The van der Waals surface area contributed by atoms with E-state index in [1.165, 1.54) is 106 Å². The summed E-state index contributed by atoms with van der Waals surface area (Å²) >= 11 is 0. The molecule has 0 atom stereocenters.